The van der Waals surface area contributed by atoms with Crippen molar-refractivity contribution in [3.8, 4) is 0 Å². The van der Waals surface area contributed by atoms with Gasteiger partial charge in [0.25, 0.3) is 0 Å². The molecule has 0 saturated carbocycles. The van der Waals surface area contributed by atoms with Crippen LogP contribution >= 0.6 is 0 Å². The number of rotatable bonds is 5. The molecule has 9 heteroatoms. The minimum atomic E-state index is -4.74. The summed E-state index contributed by atoms with van der Waals surface area (Å²) in [5.41, 5.74) is -2.00. The first kappa shape index (κ1) is 15.1. The number of hydrogen-bond donors (Lipinski definition) is 2. The molecule has 1 aromatic rings. The molecule has 0 bridgehead atoms. The summed E-state index contributed by atoms with van der Waals surface area (Å²) in [6, 6.07) is 0.375. The van der Waals surface area contributed by atoms with Gasteiger partial charge in [0.05, 0.1) is 12.1 Å². The number of pyridine rings is 1. The molecule has 0 spiro atoms. The van der Waals surface area contributed by atoms with Gasteiger partial charge in [0.1, 0.15) is 24.2 Å². The molecule has 1 aromatic heterocycles. The standard InChI is InChI=1S/C10H9F5N2O2/c11-2-6(12)4-17-8-7(9(18)19)1-5(3-16-8)10(13,14)15/h1,3,6H,2,4H2,(H,16,17)(H,18,19). The molecule has 0 aliphatic carbocycles. The summed E-state index contributed by atoms with van der Waals surface area (Å²) in [4.78, 5) is 14.1. The third-order valence-electron chi connectivity index (χ3n) is 2.10. The zero-order valence-corrected chi connectivity index (χ0v) is 9.34. The molecule has 1 rings (SSSR count). The first-order chi connectivity index (χ1) is 8.75. The van der Waals surface area contributed by atoms with Crippen molar-refractivity contribution in [2.45, 2.75) is 12.3 Å². The summed E-state index contributed by atoms with van der Waals surface area (Å²) >= 11 is 0. The fourth-order valence-corrected chi connectivity index (χ4v) is 1.19. The zero-order valence-electron chi connectivity index (χ0n) is 9.34. The van der Waals surface area contributed by atoms with Crippen LogP contribution < -0.4 is 5.32 Å². The van der Waals surface area contributed by atoms with Crippen LogP contribution in [0.2, 0.25) is 0 Å². The van der Waals surface area contributed by atoms with Gasteiger partial charge in [0.2, 0.25) is 0 Å². The monoisotopic (exact) mass is 284 g/mol. The largest absolute Gasteiger partial charge is 0.478 e. The van der Waals surface area contributed by atoms with E-state index in [2.05, 4.69) is 10.3 Å². The lowest BCUT2D eigenvalue weighted by molar-refractivity contribution is -0.137. The third-order valence-corrected chi connectivity index (χ3v) is 2.10. The van der Waals surface area contributed by atoms with Gasteiger partial charge < -0.3 is 10.4 Å². The molecule has 1 atom stereocenters. The lowest BCUT2D eigenvalue weighted by Gasteiger charge is -2.12. The van der Waals surface area contributed by atoms with E-state index in [1.807, 2.05) is 0 Å². The Balaban J connectivity index is 3.02. The fourth-order valence-electron chi connectivity index (χ4n) is 1.19. The number of carboxylic acids is 1. The van der Waals surface area contributed by atoms with Gasteiger partial charge in [-0.3, -0.25) is 0 Å². The lowest BCUT2D eigenvalue weighted by atomic mass is 10.2. The molecular formula is C10H9F5N2O2. The minimum absolute atomic E-state index is 0.375. The quantitative estimate of drug-likeness (QED) is 0.816. The number of alkyl halides is 5. The first-order valence-electron chi connectivity index (χ1n) is 5.00. The van der Waals surface area contributed by atoms with Crippen molar-refractivity contribution in [3.05, 3.63) is 23.4 Å². The second kappa shape index (κ2) is 5.81. The molecule has 0 aromatic carbocycles. The van der Waals surface area contributed by atoms with Crippen molar-refractivity contribution in [2.24, 2.45) is 0 Å². The molecule has 1 heterocycles. The third kappa shape index (κ3) is 4.04. The van der Waals surface area contributed by atoms with Crippen molar-refractivity contribution in [3.63, 3.8) is 0 Å². The Kier molecular flexibility index (Phi) is 4.62. The van der Waals surface area contributed by atoms with E-state index in [9.17, 15) is 26.7 Å². The number of nitrogens with one attached hydrogen (secondary N) is 1. The van der Waals surface area contributed by atoms with E-state index in [1.54, 1.807) is 0 Å². The van der Waals surface area contributed by atoms with Crippen molar-refractivity contribution in [1.82, 2.24) is 4.98 Å². The number of halogens is 5. The van der Waals surface area contributed by atoms with Crippen molar-refractivity contribution in [2.75, 3.05) is 18.5 Å². The molecule has 2 N–H and O–H groups in total. The summed E-state index contributed by atoms with van der Waals surface area (Å²) in [6.07, 6.45) is -6.22. The summed E-state index contributed by atoms with van der Waals surface area (Å²) in [5, 5.41) is 10.9. The van der Waals surface area contributed by atoms with Crippen LogP contribution in [0.5, 0.6) is 0 Å². The number of aromatic nitrogens is 1. The number of carbonyl (C=O) groups is 1. The normalized spacial score (nSPS) is 13.1. The summed E-state index contributed by atoms with van der Waals surface area (Å²) in [7, 11) is 0. The van der Waals surface area contributed by atoms with Crippen LogP contribution in [0.25, 0.3) is 0 Å². The Morgan fingerprint density at radius 3 is 2.58 bits per heavy atom. The van der Waals surface area contributed by atoms with Crippen LogP contribution in [-0.2, 0) is 6.18 Å². The lowest BCUT2D eigenvalue weighted by Crippen LogP contribution is -2.20. The van der Waals surface area contributed by atoms with E-state index >= 15 is 0 Å². The van der Waals surface area contributed by atoms with Gasteiger partial charge in [0.15, 0.2) is 0 Å². The summed E-state index contributed by atoms with van der Waals surface area (Å²) in [5.74, 6) is -2.10. The Morgan fingerprint density at radius 1 is 1.47 bits per heavy atom. The highest BCUT2D eigenvalue weighted by atomic mass is 19.4. The second-order valence-corrected chi connectivity index (χ2v) is 3.56. The number of hydrogen-bond acceptors (Lipinski definition) is 3. The molecule has 0 aliphatic rings. The molecule has 4 nitrogen and oxygen atoms in total. The van der Waals surface area contributed by atoms with Crippen LogP contribution in [-0.4, -0.2) is 35.5 Å². The van der Waals surface area contributed by atoms with E-state index in [1.165, 1.54) is 0 Å². The molecule has 0 saturated heterocycles. The van der Waals surface area contributed by atoms with Crippen molar-refractivity contribution < 1.29 is 31.9 Å². The number of anilines is 1. The minimum Gasteiger partial charge on any atom is -0.478 e. The van der Waals surface area contributed by atoms with Crippen LogP contribution in [0, 0.1) is 0 Å². The Bertz CT molecular complexity index is 464. The SMILES string of the molecule is O=C(O)c1cc(C(F)(F)F)cnc1NCC(F)CF. The smallest absolute Gasteiger partial charge is 0.417 e. The Morgan fingerprint density at radius 2 is 2.11 bits per heavy atom. The van der Waals surface area contributed by atoms with E-state index < -0.39 is 48.5 Å². The maximum atomic E-state index is 12.6. The maximum Gasteiger partial charge on any atom is 0.417 e. The Labute approximate surface area is 104 Å². The van der Waals surface area contributed by atoms with Gasteiger partial charge in [-0.05, 0) is 6.07 Å². The second-order valence-electron chi connectivity index (χ2n) is 3.56. The van der Waals surface area contributed by atoms with Crippen LogP contribution in [0.3, 0.4) is 0 Å². The van der Waals surface area contributed by atoms with E-state index in [-0.39, 0.29) is 0 Å². The molecule has 0 amide bonds. The zero-order chi connectivity index (χ0) is 14.6. The van der Waals surface area contributed by atoms with Gasteiger partial charge in [-0.2, -0.15) is 13.2 Å². The molecule has 0 fully saturated rings. The van der Waals surface area contributed by atoms with Gasteiger partial charge in [-0.1, -0.05) is 0 Å². The average molecular weight is 284 g/mol. The molecule has 19 heavy (non-hydrogen) atoms. The van der Waals surface area contributed by atoms with Gasteiger partial charge in [-0.25, -0.2) is 18.6 Å². The highest BCUT2D eigenvalue weighted by Crippen LogP contribution is 2.30. The summed E-state index contributed by atoms with van der Waals surface area (Å²) in [6.45, 7) is -1.88. The highest BCUT2D eigenvalue weighted by Gasteiger charge is 2.32. The van der Waals surface area contributed by atoms with Crippen molar-refractivity contribution in [1.29, 1.82) is 0 Å². The Hall–Kier alpha value is -1.93. The van der Waals surface area contributed by atoms with Crippen LogP contribution in [0.15, 0.2) is 12.3 Å². The molecule has 106 valence electrons. The molecule has 0 radical (unpaired) electrons. The summed E-state index contributed by atoms with van der Waals surface area (Å²) < 4.78 is 61.6. The van der Waals surface area contributed by atoms with Crippen LogP contribution in [0.4, 0.5) is 27.8 Å². The number of nitrogens with zero attached hydrogens (tertiary/aromatic N) is 1. The van der Waals surface area contributed by atoms with E-state index in [4.69, 9.17) is 5.11 Å². The predicted molar refractivity (Wildman–Crippen MR) is 55.6 cm³/mol. The number of aromatic carboxylic acids is 1. The van der Waals surface area contributed by atoms with Gasteiger partial charge in [-0.15, -0.1) is 0 Å². The highest BCUT2D eigenvalue weighted by molar-refractivity contribution is 5.93. The van der Waals surface area contributed by atoms with Crippen LogP contribution in [0.1, 0.15) is 15.9 Å². The van der Waals surface area contributed by atoms with E-state index in [0.717, 1.165) is 0 Å². The first-order valence-corrected chi connectivity index (χ1v) is 5.00. The predicted octanol–water partition coefficient (Wildman–Crippen LogP) is 2.52. The average Bonchev–Trinajstić information content (AvgIpc) is 2.34. The van der Waals surface area contributed by atoms with Gasteiger partial charge in [0, 0.05) is 6.20 Å². The molecule has 0 aliphatic heterocycles. The maximum absolute atomic E-state index is 12.6. The van der Waals surface area contributed by atoms with E-state index in [0.29, 0.717) is 12.3 Å². The molecule has 1 unspecified atom stereocenters. The number of carboxylic acid groups (broad SMARTS) is 1. The fraction of sp³-hybridized carbons (Fsp3) is 0.400. The van der Waals surface area contributed by atoms with Crippen molar-refractivity contribution >= 4 is 11.8 Å². The molecular weight excluding hydrogens is 275 g/mol. The van der Waals surface area contributed by atoms with Gasteiger partial charge >= 0.3 is 12.1 Å². The topological polar surface area (TPSA) is 62.2 Å².